The second-order valence-electron chi connectivity index (χ2n) is 8.40. The van der Waals surface area contributed by atoms with E-state index in [0.717, 1.165) is 64.2 Å². The van der Waals surface area contributed by atoms with Gasteiger partial charge in [-0.3, -0.25) is 9.13 Å². The molecule has 0 aromatic rings. The number of hydrogen-bond donors (Lipinski definition) is 3. The predicted octanol–water partition coefficient (Wildman–Crippen LogP) is 7.37. The fourth-order valence-electron chi connectivity index (χ4n) is 3.18. The SMILES string of the molecule is CCCCC(CC)CP(=O)(O)O.CCCCCCP(=O)(O)OCC(CC)CCCC. The molecule has 0 bridgehead atoms. The van der Waals surface area contributed by atoms with E-state index < -0.39 is 15.2 Å². The highest BCUT2D eigenvalue weighted by Gasteiger charge is 2.21. The summed E-state index contributed by atoms with van der Waals surface area (Å²) in [5.74, 6) is 0.631. The average Bonchev–Trinajstić information content (AvgIpc) is 2.68. The lowest BCUT2D eigenvalue weighted by Crippen LogP contribution is -2.08. The van der Waals surface area contributed by atoms with Crippen LogP contribution in [0.3, 0.4) is 0 Å². The first kappa shape index (κ1) is 32.5. The minimum atomic E-state index is -3.78. The minimum absolute atomic E-state index is 0.0590. The van der Waals surface area contributed by atoms with E-state index in [2.05, 4.69) is 27.7 Å². The van der Waals surface area contributed by atoms with Gasteiger partial charge in [-0.25, -0.2) is 0 Å². The van der Waals surface area contributed by atoms with Crippen LogP contribution < -0.4 is 0 Å². The first-order chi connectivity index (χ1) is 14.0. The molecule has 3 atom stereocenters. The Balaban J connectivity index is 0. The van der Waals surface area contributed by atoms with Crippen molar-refractivity contribution in [2.24, 2.45) is 11.8 Å². The molecule has 30 heavy (non-hydrogen) atoms. The van der Waals surface area contributed by atoms with Crippen molar-refractivity contribution in [1.82, 2.24) is 0 Å². The Morgan fingerprint density at radius 1 is 0.700 bits per heavy atom. The van der Waals surface area contributed by atoms with E-state index in [1.807, 2.05) is 6.92 Å². The number of rotatable bonds is 18. The standard InChI is InChI=1S/C14H31O3P.C8H19O3P/c1-4-7-9-10-12-18(15,16)17-13-14(6-3)11-8-5-2;1-3-5-6-8(4-2)7-12(9,10)11/h14H,4-13H2,1-3H3,(H,15,16);8H,3-7H2,1-2H3,(H2,9,10,11). The van der Waals surface area contributed by atoms with Crippen LogP contribution in [0.25, 0.3) is 0 Å². The molecule has 0 saturated heterocycles. The van der Waals surface area contributed by atoms with Crippen LogP contribution in [0.15, 0.2) is 0 Å². The van der Waals surface area contributed by atoms with Crippen molar-refractivity contribution in [3.8, 4) is 0 Å². The zero-order valence-corrected chi connectivity index (χ0v) is 22.0. The Kier molecular flexibility index (Phi) is 21.6. The quantitative estimate of drug-likeness (QED) is 0.142. The van der Waals surface area contributed by atoms with E-state index in [-0.39, 0.29) is 12.1 Å². The van der Waals surface area contributed by atoms with Crippen LogP contribution in [0.5, 0.6) is 0 Å². The molecular weight excluding hydrogens is 422 g/mol. The third-order valence-electron chi connectivity index (χ3n) is 5.39. The summed E-state index contributed by atoms with van der Waals surface area (Å²) in [7, 11) is -7.11. The average molecular weight is 473 g/mol. The fraction of sp³-hybridized carbons (Fsp3) is 1.00. The molecule has 0 aliphatic carbocycles. The Labute approximate surface area is 186 Å². The zero-order chi connectivity index (χ0) is 23.5. The van der Waals surface area contributed by atoms with Gasteiger partial charge in [0, 0.05) is 6.16 Å². The Morgan fingerprint density at radius 2 is 1.20 bits per heavy atom. The molecule has 0 spiro atoms. The summed E-state index contributed by atoms with van der Waals surface area (Å²) in [4.78, 5) is 27.2. The van der Waals surface area contributed by atoms with E-state index in [1.165, 1.54) is 12.8 Å². The van der Waals surface area contributed by atoms with E-state index >= 15 is 0 Å². The molecule has 0 amide bonds. The van der Waals surface area contributed by atoms with Gasteiger partial charge in [-0.05, 0) is 31.1 Å². The first-order valence-corrected chi connectivity index (χ1v) is 15.6. The topological polar surface area (TPSA) is 104 Å². The fourth-order valence-corrected chi connectivity index (χ4v) is 5.49. The number of unbranched alkanes of at least 4 members (excludes halogenated alkanes) is 5. The maximum atomic E-state index is 11.8. The zero-order valence-electron chi connectivity index (χ0n) is 20.2. The Bertz CT molecular complexity index is 467. The summed E-state index contributed by atoms with van der Waals surface area (Å²) in [5, 5.41) is 0. The Morgan fingerprint density at radius 3 is 1.63 bits per heavy atom. The van der Waals surface area contributed by atoms with Gasteiger partial charge in [-0.2, -0.15) is 0 Å². The van der Waals surface area contributed by atoms with Crippen LogP contribution in [-0.4, -0.2) is 33.6 Å². The summed E-state index contributed by atoms with van der Waals surface area (Å²) in [6, 6.07) is 0. The van der Waals surface area contributed by atoms with Crippen molar-refractivity contribution in [3.63, 3.8) is 0 Å². The molecule has 0 aromatic carbocycles. The summed E-state index contributed by atoms with van der Waals surface area (Å²) in [6.45, 7) is 10.9. The second-order valence-corrected chi connectivity index (χ2v) is 12.1. The molecule has 8 heteroatoms. The second kappa shape index (κ2) is 19.9. The van der Waals surface area contributed by atoms with Gasteiger partial charge in [0.25, 0.3) is 0 Å². The molecule has 0 rings (SSSR count). The van der Waals surface area contributed by atoms with Crippen molar-refractivity contribution < 1.29 is 28.3 Å². The molecule has 6 nitrogen and oxygen atoms in total. The Hall–Kier alpha value is 0.300. The number of hydrogen-bond acceptors (Lipinski definition) is 3. The summed E-state index contributed by atoms with van der Waals surface area (Å²) in [5.41, 5.74) is 0. The summed E-state index contributed by atoms with van der Waals surface area (Å²) >= 11 is 0. The van der Waals surface area contributed by atoms with Gasteiger partial charge in [-0.15, -0.1) is 0 Å². The predicted molar refractivity (Wildman–Crippen MR) is 128 cm³/mol. The van der Waals surface area contributed by atoms with Gasteiger partial charge in [-0.1, -0.05) is 92.4 Å². The van der Waals surface area contributed by atoms with Crippen molar-refractivity contribution in [1.29, 1.82) is 0 Å². The van der Waals surface area contributed by atoms with E-state index in [0.29, 0.717) is 18.7 Å². The van der Waals surface area contributed by atoms with Crippen LogP contribution >= 0.6 is 15.2 Å². The molecule has 184 valence electrons. The minimum Gasteiger partial charge on any atom is -0.324 e. The summed E-state index contributed by atoms with van der Waals surface area (Å²) in [6.07, 6.45) is 12.9. The van der Waals surface area contributed by atoms with Crippen LogP contribution in [0.4, 0.5) is 0 Å². The van der Waals surface area contributed by atoms with E-state index in [9.17, 15) is 14.0 Å². The summed E-state index contributed by atoms with van der Waals surface area (Å²) < 4.78 is 27.7. The van der Waals surface area contributed by atoms with Gasteiger partial charge < -0.3 is 19.2 Å². The molecule has 0 heterocycles. The smallest absolute Gasteiger partial charge is 0.324 e. The molecule has 0 aliphatic rings. The molecular formula is C22H50O6P2. The monoisotopic (exact) mass is 472 g/mol. The molecule has 0 radical (unpaired) electrons. The van der Waals surface area contributed by atoms with Crippen LogP contribution in [0.1, 0.15) is 112 Å². The highest BCUT2D eigenvalue weighted by molar-refractivity contribution is 7.52. The molecule has 0 saturated carbocycles. The molecule has 0 aliphatic heterocycles. The van der Waals surface area contributed by atoms with Crippen molar-refractivity contribution >= 4 is 15.2 Å². The van der Waals surface area contributed by atoms with Crippen LogP contribution in [0.2, 0.25) is 0 Å². The van der Waals surface area contributed by atoms with E-state index in [4.69, 9.17) is 14.3 Å². The van der Waals surface area contributed by atoms with Gasteiger partial charge in [0.15, 0.2) is 0 Å². The van der Waals surface area contributed by atoms with Crippen molar-refractivity contribution in [3.05, 3.63) is 0 Å². The normalized spacial score (nSPS) is 15.7. The third kappa shape index (κ3) is 23.0. The highest BCUT2D eigenvalue weighted by Crippen LogP contribution is 2.43. The van der Waals surface area contributed by atoms with E-state index in [1.54, 1.807) is 0 Å². The van der Waals surface area contributed by atoms with Gasteiger partial charge in [0.05, 0.1) is 12.8 Å². The van der Waals surface area contributed by atoms with Gasteiger partial charge in [0.1, 0.15) is 0 Å². The third-order valence-corrected chi connectivity index (χ3v) is 7.81. The lowest BCUT2D eigenvalue weighted by molar-refractivity contribution is 0.203. The lowest BCUT2D eigenvalue weighted by atomic mass is 10.0. The first-order valence-electron chi connectivity index (χ1n) is 12.1. The molecule has 3 N–H and O–H groups in total. The van der Waals surface area contributed by atoms with Crippen LogP contribution in [-0.2, 0) is 13.7 Å². The lowest BCUT2D eigenvalue weighted by Gasteiger charge is -2.18. The molecule has 3 unspecified atom stereocenters. The highest BCUT2D eigenvalue weighted by atomic mass is 31.2. The maximum absolute atomic E-state index is 11.8. The molecule has 0 aromatic heterocycles. The van der Waals surface area contributed by atoms with Crippen LogP contribution in [0, 0.1) is 11.8 Å². The largest absolute Gasteiger partial charge is 0.328 e. The molecule has 0 fully saturated rings. The van der Waals surface area contributed by atoms with Crippen molar-refractivity contribution in [2.75, 3.05) is 18.9 Å². The van der Waals surface area contributed by atoms with Crippen molar-refractivity contribution in [2.45, 2.75) is 112 Å². The maximum Gasteiger partial charge on any atom is 0.328 e. The van der Waals surface area contributed by atoms with Gasteiger partial charge in [0.2, 0.25) is 0 Å². The van der Waals surface area contributed by atoms with Gasteiger partial charge >= 0.3 is 15.2 Å².